The lowest BCUT2D eigenvalue weighted by Crippen LogP contribution is -2.45. The van der Waals surface area contributed by atoms with Crippen LogP contribution in [0.1, 0.15) is 43.7 Å². The number of nitrogens with zero attached hydrogens (tertiary/aromatic N) is 4. The van der Waals surface area contributed by atoms with Gasteiger partial charge in [0, 0.05) is 24.4 Å². The van der Waals surface area contributed by atoms with E-state index < -0.39 is 0 Å². The maximum atomic E-state index is 12.8. The van der Waals surface area contributed by atoms with E-state index in [2.05, 4.69) is 22.3 Å². The normalized spacial score (nSPS) is 20.6. The summed E-state index contributed by atoms with van der Waals surface area (Å²) in [7, 11) is 0. The van der Waals surface area contributed by atoms with Gasteiger partial charge in [0.05, 0.1) is 12.2 Å². The maximum absolute atomic E-state index is 12.8. The van der Waals surface area contributed by atoms with Gasteiger partial charge in [-0.05, 0) is 20.3 Å². The Morgan fingerprint density at radius 3 is 2.86 bits per heavy atom. The summed E-state index contributed by atoms with van der Waals surface area (Å²) in [6.45, 7) is 5.52. The summed E-state index contributed by atoms with van der Waals surface area (Å²) in [6, 6.07) is 2.16. The van der Waals surface area contributed by atoms with E-state index in [1.54, 1.807) is 16.5 Å². The van der Waals surface area contributed by atoms with Gasteiger partial charge in [-0.3, -0.25) is 14.5 Å². The molecule has 2 aromatic heterocycles. The van der Waals surface area contributed by atoms with Crippen molar-refractivity contribution in [3.8, 4) is 0 Å². The smallest absolute Gasteiger partial charge is 0.279 e. The van der Waals surface area contributed by atoms with E-state index in [0.29, 0.717) is 10.8 Å². The summed E-state index contributed by atoms with van der Waals surface area (Å²) in [5.74, 6) is 0.408. The zero-order chi connectivity index (χ0) is 15.9. The third-order valence-corrected chi connectivity index (χ3v) is 4.42. The second kappa shape index (κ2) is 5.53. The van der Waals surface area contributed by atoms with Crippen molar-refractivity contribution in [3.63, 3.8) is 0 Å². The Morgan fingerprint density at radius 1 is 1.36 bits per heavy atom. The molecule has 0 aromatic carbocycles. The Morgan fingerprint density at radius 2 is 2.14 bits per heavy atom. The van der Waals surface area contributed by atoms with Gasteiger partial charge in [0.1, 0.15) is 11.5 Å². The molecule has 8 heteroatoms. The third-order valence-electron chi connectivity index (χ3n) is 3.66. The fourth-order valence-electron chi connectivity index (χ4n) is 2.77. The molecular formula is C14H17N5O2S. The molecule has 0 saturated carbocycles. The number of aromatic nitrogens is 3. The summed E-state index contributed by atoms with van der Waals surface area (Å²) in [5, 5.41) is 8.99. The molecule has 1 aliphatic heterocycles. The van der Waals surface area contributed by atoms with E-state index in [1.165, 1.54) is 18.3 Å². The molecule has 0 radical (unpaired) electrons. The molecule has 7 nitrogen and oxygen atoms in total. The van der Waals surface area contributed by atoms with Gasteiger partial charge in [-0.2, -0.15) is 5.10 Å². The van der Waals surface area contributed by atoms with Crippen molar-refractivity contribution < 1.29 is 9.59 Å². The van der Waals surface area contributed by atoms with Crippen LogP contribution in [0.15, 0.2) is 17.6 Å². The fraction of sp³-hybridized carbons (Fsp3) is 0.429. The molecule has 1 N–H and O–H groups in total. The number of anilines is 2. The van der Waals surface area contributed by atoms with Crippen LogP contribution in [0.4, 0.5) is 10.9 Å². The lowest BCUT2D eigenvalue weighted by molar-refractivity contribution is -0.114. The summed E-state index contributed by atoms with van der Waals surface area (Å²) in [6.07, 6.45) is 2.54. The van der Waals surface area contributed by atoms with Gasteiger partial charge >= 0.3 is 0 Å². The highest BCUT2D eigenvalue weighted by Gasteiger charge is 2.33. The first-order valence-corrected chi connectivity index (χ1v) is 7.95. The molecule has 22 heavy (non-hydrogen) atoms. The number of fused-ring (bicyclic) bond motifs is 1. The predicted molar refractivity (Wildman–Crippen MR) is 84.2 cm³/mol. The van der Waals surface area contributed by atoms with Crippen LogP contribution in [0.25, 0.3) is 0 Å². The van der Waals surface area contributed by atoms with Crippen molar-refractivity contribution in [2.75, 3.05) is 10.2 Å². The maximum Gasteiger partial charge on any atom is 0.279 e. The lowest BCUT2D eigenvalue weighted by Gasteiger charge is -2.36. The highest BCUT2D eigenvalue weighted by molar-refractivity contribution is 7.14. The lowest BCUT2D eigenvalue weighted by atomic mass is 10.1. The highest BCUT2D eigenvalue weighted by atomic mass is 32.1. The zero-order valence-electron chi connectivity index (χ0n) is 12.6. The van der Waals surface area contributed by atoms with Crippen molar-refractivity contribution >= 4 is 34.1 Å². The molecular weight excluding hydrogens is 302 g/mol. The molecule has 2 aromatic rings. The molecule has 0 spiro atoms. The first-order chi connectivity index (χ1) is 10.5. The molecule has 1 aliphatic rings. The van der Waals surface area contributed by atoms with Crippen molar-refractivity contribution in [1.82, 2.24) is 14.8 Å². The second-order valence-corrected chi connectivity index (χ2v) is 6.32. The summed E-state index contributed by atoms with van der Waals surface area (Å²) in [5.41, 5.74) is 0.336. The Bertz CT molecular complexity index is 722. The Balaban J connectivity index is 1.90. The average Bonchev–Trinajstić information content (AvgIpc) is 3.06. The third kappa shape index (κ3) is 2.50. The molecule has 0 aliphatic carbocycles. The van der Waals surface area contributed by atoms with Crippen LogP contribution < -0.4 is 10.2 Å². The molecule has 3 heterocycles. The minimum absolute atomic E-state index is 0.0672. The molecule has 0 unspecified atom stereocenters. The topological polar surface area (TPSA) is 80.1 Å². The minimum atomic E-state index is -0.202. The first kappa shape index (κ1) is 14.7. The average molecular weight is 319 g/mol. The number of thiazole rings is 1. The number of hydrogen-bond donors (Lipinski definition) is 1. The van der Waals surface area contributed by atoms with Crippen molar-refractivity contribution in [2.24, 2.45) is 0 Å². The van der Waals surface area contributed by atoms with Crippen LogP contribution in [0.2, 0.25) is 0 Å². The Labute approximate surface area is 132 Å². The fourth-order valence-corrected chi connectivity index (χ4v) is 3.50. The van der Waals surface area contributed by atoms with Crippen LogP contribution in [0, 0.1) is 0 Å². The first-order valence-electron chi connectivity index (χ1n) is 7.07. The Hall–Kier alpha value is -2.22. The van der Waals surface area contributed by atoms with Crippen LogP contribution in [0.3, 0.4) is 0 Å². The van der Waals surface area contributed by atoms with E-state index in [1.807, 2.05) is 17.7 Å². The van der Waals surface area contributed by atoms with Crippen LogP contribution in [0.5, 0.6) is 0 Å². The SMILES string of the molecule is CC(=O)Nc1nc(C(=O)N2c3ccnn3[C@@H](C)C[C@@H]2C)cs1. The van der Waals surface area contributed by atoms with E-state index in [-0.39, 0.29) is 23.9 Å². The van der Waals surface area contributed by atoms with E-state index in [0.717, 1.165) is 12.2 Å². The van der Waals surface area contributed by atoms with Crippen LogP contribution in [-0.4, -0.2) is 32.6 Å². The molecule has 0 fully saturated rings. The molecule has 0 saturated heterocycles. The zero-order valence-corrected chi connectivity index (χ0v) is 13.4. The molecule has 0 bridgehead atoms. The van der Waals surface area contributed by atoms with Gasteiger partial charge < -0.3 is 5.32 Å². The van der Waals surface area contributed by atoms with Crippen molar-refractivity contribution in [3.05, 3.63) is 23.3 Å². The number of carbonyl (C=O) groups is 2. The number of carbonyl (C=O) groups excluding carboxylic acids is 2. The molecule has 116 valence electrons. The van der Waals surface area contributed by atoms with E-state index >= 15 is 0 Å². The number of nitrogens with one attached hydrogen (secondary N) is 1. The standard InChI is InChI=1S/C14H17N5O2S/c1-8-6-9(2)19-12(4-5-15-19)18(8)13(21)11-7-22-14(17-11)16-10(3)20/h4-5,7-9H,6H2,1-3H3,(H,16,17,20)/t8-,9-/m0/s1. The van der Waals surface area contributed by atoms with Gasteiger partial charge in [-0.1, -0.05) is 0 Å². The van der Waals surface area contributed by atoms with Crippen molar-refractivity contribution in [1.29, 1.82) is 0 Å². The minimum Gasteiger partial charge on any atom is -0.302 e. The summed E-state index contributed by atoms with van der Waals surface area (Å²) < 4.78 is 1.86. The van der Waals surface area contributed by atoms with E-state index in [4.69, 9.17) is 0 Å². The number of amides is 2. The van der Waals surface area contributed by atoms with Crippen LogP contribution >= 0.6 is 11.3 Å². The second-order valence-electron chi connectivity index (χ2n) is 5.46. The van der Waals surface area contributed by atoms with E-state index in [9.17, 15) is 9.59 Å². The molecule has 2 amide bonds. The predicted octanol–water partition coefficient (Wildman–Crippen LogP) is 2.30. The summed E-state index contributed by atoms with van der Waals surface area (Å²) in [4.78, 5) is 29.8. The largest absolute Gasteiger partial charge is 0.302 e. The Kier molecular flexibility index (Phi) is 3.69. The van der Waals surface area contributed by atoms with Gasteiger partial charge in [0.25, 0.3) is 5.91 Å². The van der Waals surface area contributed by atoms with Crippen LogP contribution in [-0.2, 0) is 4.79 Å². The molecule has 2 atom stereocenters. The van der Waals surface area contributed by atoms with Gasteiger partial charge in [0.2, 0.25) is 5.91 Å². The number of rotatable bonds is 2. The number of hydrogen-bond acceptors (Lipinski definition) is 5. The van der Waals surface area contributed by atoms with Gasteiger partial charge in [0.15, 0.2) is 5.13 Å². The monoisotopic (exact) mass is 319 g/mol. The highest BCUT2D eigenvalue weighted by Crippen LogP contribution is 2.32. The van der Waals surface area contributed by atoms with Gasteiger partial charge in [-0.15, -0.1) is 11.3 Å². The van der Waals surface area contributed by atoms with Crippen molar-refractivity contribution in [2.45, 2.75) is 39.3 Å². The van der Waals surface area contributed by atoms with Gasteiger partial charge in [-0.25, -0.2) is 9.67 Å². The quantitative estimate of drug-likeness (QED) is 0.921. The molecule has 3 rings (SSSR count). The summed E-state index contributed by atoms with van der Waals surface area (Å²) >= 11 is 1.24.